The fraction of sp³-hybridized carbons (Fsp3) is 0.900. The molecule has 1 fully saturated rings. The second-order valence-corrected chi connectivity index (χ2v) is 8.41. The summed E-state index contributed by atoms with van der Waals surface area (Å²) in [6.45, 7) is 0. The van der Waals surface area contributed by atoms with Crippen LogP contribution in [0.1, 0.15) is 96.3 Å². The standard InChI is InChI=1S/C20H33N9/c21-27-24-18-12-8-14-20(26-29-23,15-9-13-19(16-18)25-28-22)17-10-6-4-2-1-3-5-7-11-17/h16-18H,1-15H2. The molecule has 2 unspecified atom stereocenters. The number of allylic oxidation sites excluding steroid dienone is 1. The van der Waals surface area contributed by atoms with Crippen LogP contribution >= 0.6 is 0 Å². The largest absolute Gasteiger partial charge is 0.0870 e. The smallest absolute Gasteiger partial charge is 0.0559 e. The van der Waals surface area contributed by atoms with Crippen LogP contribution in [0, 0.1) is 5.92 Å². The van der Waals surface area contributed by atoms with Crippen LogP contribution in [0.3, 0.4) is 0 Å². The van der Waals surface area contributed by atoms with E-state index in [-0.39, 0.29) is 6.04 Å². The maximum Gasteiger partial charge on any atom is 0.0559 e. The van der Waals surface area contributed by atoms with Crippen molar-refractivity contribution in [3.63, 3.8) is 0 Å². The molecule has 2 rings (SSSR count). The maximum atomic E-state index is 9.42. The fourth-order valence-corrected chi connectivity index (χ4v) is 5.03. The highest BCUT2D eigenvalue weighted by molar-refractivity contribution is 5.08. The Balaban J connectivity index is 2.26. The van der Waals surface area contributed by atoms with Gasteiger partial charge in [-0.2, -0.15) is 0 Å². The Hall–Kier alpha value is -2.33. The molecule has 9 heteroatoms. The molecule has 0 aromatic heterocycles. The molecule has 0 heterocycles. The van der Waals surface area contributed by atoms with E-state index in [9.17, 15) is 5.53 Å². The monoisotopic (exact) mass is 399 g/mol. The van der Waals surface area contributed by atoms with Gasteiger partial charge in [0.2, 0.25) is 0 Å². The first kappa shape index (κ1) is 23.0. The molecule has 0 aliphatic heterocycles. The predicted octanol–water partition coefficient (Wildman–Crippen LogP) is 8.40. The second-order valence-electron chi connectivity index (χ2n) is 8.41. The van der Waals surface area contributed by atoms with Crippen LogP contribution in [0.25, 0.3) is 31.3 Å². The van der Waals surface area contributed by atoms with Gasteiger partial charge in [0.1, 0.15) is 0 Å². The van der Waals surface area contributed by atoms with Crippen LogP contribution in [-0.2, 0) is 0 Å². The van der Waals surface area contributed by atoms with Crippen LogP contribution in [-0.4, -0.2) is 11.6 Å². The first-order valence-corrected chi connectivity index (χ1v) is 11.1. The lowest BCUT2D eigenvalue weighted by molar-refractivity contribution is 0.188. The van der Waals surface area contributed by atoms with Crippen LogP contribution in [0.5, 0.6) is 0 Å². The third-order valence-electron chi connectivity index (χ3n) is 6.52. The predicted molar refractivity (Wildman–Crippen MR) is 115 cm³/mol. The van der Waals surface area contributed by atoms with Gasteiger partial charge in [0, 0.05) is 20.4 Å². The third kappa shape index (κ3) is 7.54. The average molecular weight is 400 g/mol. The number of azide groups is 3. The minimum absolute atomic E-state index is 0.327. The normalized spacial score (nSPS) is 27.9. The molecule has 0 saturated heterocycles. The lowest BCUT2D eigenvalue weighted by Gasteiger charge is -2.39. The lowest BCUT2D eigenvalue weighted by Crippen LogP contribution is -2.36. The van der Waals surface area contributed by atoms with Crippen molar-refractivity contribution < 1.29 is 0 Å². The summed E-state index contributed by atoms with van der Waals surface area (Å²) in [6.07, 6.45) is 17.4. The fourth-order valence-electron chi connectivity index (χ4n) is 5.03. The summed E-state index contributed by atoms with van der Waals surface area (Å²) in [5.74, 6) is 0.390. The SMILES string of the molecule is [N-]=[N+]=NC1=CC(N=[N+]=[N-])CCCC(N=[N+]=[N-])(C2CCCCCCCCC2)CCC1. The summed E-state index contributed by atoms with van der Waals surface area (Å²) >= 11 is 0. The van der Waals surface area contributed by atoms with E-state index in [1.807, 2.05) is 0 Å². The first-order valence-electron chi connectivity index (χ1n) is 11.1. The molecule has 158 valence electrons. The van der Waals surface area contributed by atoms with Crippen LogP contribution in [0.2, 0.25) is 0 Å². The van der Waals surface area contributed by atoms with Crippen molar-refractivity contribution >= 4 is 0 Å². The Bertz CT molecular complexity index is 674. The minimum Gasteiger partial charge on any atom is -0.0870 e. The van der Waals surface area contributed by atoms with E-state index >= 15 is 0 Å². The van der Waals surface area contributed by atoms with Crippen molar-refractivity contribution in [2.24, 2.45) is 21.3 Å². The van der Waals surface area contributed by atoms with Gasteiger partial charge in [-0.3, -0.25) is 0 Å². The lowest BCUT2D eigenvalue weighted by atomic mass is 9.71. The Morgan fingerprint density at radius 3 is 2.03 bits per heavy atom. The summed E-state index contributed by atoms with van der Waals surface area (Å²) in [7, 11) is 0. The van der Waals surface area contributed by atoms with Gasteiger partial charge in [-0.1, -0.05) is 72.8 Å². The van der Waals surface area contributed by atoms with Crippen molar-refractivity contribution in [3.05, 3.63) is 43.1 Å². The zero-order valence-corrected chi connectivity index (χ0v) is 17.4. The summed E-state index contributed by atoms with van der Waals surface area (Å²) < 4.78 is 0. The summed E-state index contributed by atoms with van der Waals surface area (Å²) in [5, 5.41) is 12.1. The van der Waals surface area contributed by atoms with E-state index < -0.39 is 5.54 Å². The van der Waals surface area contributed by atoms with Crippen molar-refractivity contribution in [2.45, 2.75) is 108 Å². The summed E-state index contributed by atoms with van der Waals surface area (Å²) in [5.41, 5.74) is 27.4. The Morgan fingerprint density at radius 2 is 1.41 bits per heavy atom. The van der Waals surface area contributed by atoms with Gasteiger partial charge < -0.3 is 0 Å². The van der Waals surface area contributed by atoms with Gasteiger partial charge in [0.25, 0.3) is 0 Å². The number of hydrogen-bond acceptors (Lipinski definition) is 3. The topological polar surface area (TPSA) is 146 Å². The van der Waals surface area contributed by atoms with Crippen molar-refractivity contribution in [2.75, 3.05) is 0 Å². The molecule has 9 nitrogen and oxygen atoms in total. The zero-order valence-electron chi connectivity index (χ0n) is 17.4. The van der Waals surface area contributed by atoms with Gasteiger partial charge in [-0.25, -0.2) is 0 Å². The Labute approximate surface area is 172 Å². The quantitative estimate of drug-likeness (QED) is 0.253. The molecule has 29 heavy (non-hydrogen) atoms. The number of rotatable bonds is 4. The second kappa shape index (κ2) is 13.0. The highest BCUT2D eigenvalue weighted by Crippen LogP contribution is 2.41. The highest BCUT2D eigenvalue weighted by Gasteiger charge is 2.37. The molecular weight excluding hydrogens is 366 g/mol. The third-order valence-corrected chi connectivity index (χ3v) is 6.52. The molecular formula is C20H33N9. The molecule has 2 atom stereocenters. The molecule has 0 N–H and O–H groups in total. The van der Waals surface area contributed by atoms with E-state index in [4.69, 9.17) is 11.1 Å². The molecule has 2 aliphatic rings. The van der Waals surface area contributed by atoms with E-state index in [2.05, 4.69) is 30.1 Å². The molecule has 0 aromatic rings. The molecule has 0 aromatic carbocycles. The maximum absolute atomic E-state index is 9.42. The van der Waals surface area contributed by atoms with Crippen LogP contribution in [0.4, 0.5) is 0 Å². The molecule has 2 aliphatic carbocycles. The minimum atomic E-state index is -0.395. The van der Waals surface area contributed by atoms with Crippen LogP contribution in [0.15, 0.2) is 27.1 Å². The summed E-state index contributed by atoms with van der Waals surface area (Å²) in [4.78, 5) is 9.16. The van der Waals surface area contributed by atoms with Crippen molar-refractivity contribution in [1.82, 2.24) is 0 Å². The molecule has 0 amide bonds. The van der Waals surface area contributed by atoms with E-state index in [0.29, 0.717) is 24.5 Å². The van der Waals surface area contributed by atoms with E-state index in [1.165, 1.54) is 44.9 Å². The van der Waals surface area contributed by atoms with Crippen molar-refractivity contribution in [3.8, 4) is 0 Å². The number of hydrogen-bond donors (Lipinski definition) is 0. The van der Waals surface area contributed by atoms with E-state index in [0.717, 1.165) is 38.5 Å². The van der Waals surface area contributed by atoms with Crippen LogP contribution < -0.4 is 0 Å². The number of nitrogens with zero attached hydrogens (tertiary/aromatic N) is 9. The van der Waals surface area contributed by atoms with E-state index in [1.54, 1.807) is 6.08 Å². The van der Waals surface area contributed by atoms with Gasteiger partial charge in [0.15, 0.2) is 0 Å². The van der Waals surface area contributed by atoms with Gasteiger partial charge in [-0.15, -0.1) is 0 Å². The van der Waals surface area contributed by atoms with Gasteiger partial charge in [-0.05, 0) is 67.5 Å². The molecule has 1 saturated carbocycles. The molecule has 0 spiro atoms. The molecule has 0 radical (unpaired) electrons. The van der Waals surface area contributed by atoms with Crippen molar-refractivity contribution in [1.29, 1.82) is 0 Å². The molecule has 0 bridgehead atoms. The first-order chi connectivity index (χ1) is 14.2. The van der Waals surface area contributed by atoms with Gasteiger partial charge >= 0.3 is 0 Å². The zero-order chi connectivity index (χ0) is 20.8. The highest BCUT2D eigenvalue weighted by atomic mass is 15.2. The summed E-state index contributed by atoms with van der Waals surface area (Å²) in [6, 6.07) is -0.327. The van der Waals surface area contributed by atoms with Gasteiger partial charge in [0.05, 0.1) is 11.6 Å². The Morgan fingerprint density at radius 1 is 0.759 bits per heavy atom. The Kier molecular flexibility index (Phi) is 10.3. The average Bonchev–Trinajstić information content (AvgIpc) is 2.72.